The Kier molecular flexibility index (Phi) is 8.25. The quantitative estimate of drug-likeness (QED) is 0.377. The van der Waals surface area contributed by atoms with Crippen LogP contribution < -0.4 is 4.74 Å². The maximum Gasteiger partial charge on any atom is 0.308 e. The molecule has 31 heavy (non-hydrogen) atoms. The van der Waals surface area contributed by atoms with E-state index < -0.39 is 0 Å². The van der Waals surface area contributed by atoms with Gasteiger partial charge in [-0.1, -0.05) is 54.6 Å². The lowest BCUT2D eigenvalue weighted by Crippen LogP contribution is -2.17. The Labute approximate surface area is 184 Å². The van der Waals surface area contributed by atoms with E-state index in [4.69, 9.17) is 9.47 Å². The summed E-state index contributed by atoms with van der Waals surface area (Å²) in [6.07, 6.45) is 4.27. The number of nitrogens with zero attached hydrogens (tertiary/aromatic N) is 1. The number of nitriles is 1. The predicted octanol–water partition coefficient (Wildman–Crippen LogP) is 6.10. The van der Waals surface area contributed by atoms with Gasteiger partial charge in [0.25, 0.3) is 0 Å². The van der Waals surface area contributed by atoms with Gasteiger partial charge < -0.3 is 9.47 Å². The molecule has 4 heteroatoms. The van der Waals surface area contributed by atoms with Crippen LogP contribution in [-0.2, 0) is 22.4 Å². The summed E-state index contributed by atoms with van der Waals surface area (Å²) in [5, 5.41) is 9.19. The topological polar surface area (TPSA) is 59.3 Å². The molecule has 3 aromatic rings. The summed E-state index contributed by atoms with van der Waals surface area (Å²) < 4.78 is 10.9. The third kappa shape index (κ3) is 6.72. The zero-order valence-electron chi connectivity index (χ0n) is 17.8. The fourth-order valence-electron chi connectivity index (χ4n) is 3.58. The van der Waals surface area contributed by atoms with Gasteiger partial charge in [0.05, 0.1) is 18.6 Å². The third-order valence-electron chi connectivity index (χ3n) is 5.34. The lowest BCUT2D eigenvalue weighted by Gasteiger charge is -2.15. The molecule has 0 heterocycles. The number of para-hydroxylation sites is 1. The second kappa shape index (κ2) is 11.6. The van der Waals surface area contributed by atoms with E-state index in [0.29, 0.717) is 17.1 Å². The molecule has 0 aromatic heterocycles. The molecule has 0 N–H and O–H groups in total. The Hall–Kier alpha value is -3.58. The number of rotatable bonds is 10. The average molecular weight is 414 g/mol. The van der Waals surface area contributed by atoms with Crippen molar-refractivity contribution in [2.75, 3.05) is 7.11 Å². The number of benzene rings is 3. The molecule has 0 aliphatic heterocycles. The molecule has 1 atom stereocenters. The molecule has 158 valence electrons. The predicted molar refractivity (Wildman–Crippen MR) is 121 cm³/mol. The summed E-state index contributed by atoms with van der Waals surface area (Å²) in [4.78, 5) is 12.2. The highest BCUT2D eigenvalue weighted by Crippen LogP contribution is 2.26. The molecule has 0 radical (unpaired) electrons. The maximum atomic E-state index is 12.2. The van der Waals surface area contributed by atoms with Crippen LogP contribution in [-0.4, -0.2) is 13.1 Å². The van der Waals surface area contributed by atoms with E-state index in [0.717, 1.165) is 37.7 Å². The minimum atomic E-state index is -0.138. The van der Waals surface area contributed by atoms with E-state index in [-0.39, 0.29) is 11.9 Å². The van der Waals surface area contributed by atoms with Crippen LogP contribution in [0.4, 0.5) is 0 Å². The van der Waals surface area contributed by atoms with Gasteiger partial charge in [-0.15, -0.1) is 0 Å². The summed E-state index contributed by atoms with van der Waals surface area (Å²) in [5.41, 5.74) is 2.93. The van der Waals surface area contributed by atoms with Gasteiger partial charge in [0.1, 0.15) is 17.6 Å². The number of hydrogen-bond donors (Lipinski definition) is 0. The summed E-state index contributed by atoms with van der Waals surface area (Å²) in [7, 11) is 1.46. The Morgan fingerprint density at radius 1 is 0.871 bits per heavy atom. The van der Waals surface area contributed by atoms with Crippen LogP contribution in [0.5, 0.6) is 11.5 Å². The molecule has 0 amide bonds. The van der Waals surface area contributed by atoms with E-state index in [1.807, 2.05) is 54.6 Å². The standard InChI is InChI=1S/C27H27NO3/c1-30-27(29)23(12-7-10-21-8-3-2-4-9-21)17-14-22-15-18-25(19-16-22)31-26-13-6-5-11-24(26)20-28/h2-6,8-9,11,13,15-16,18-19,23H,7,10,12,14,17H2,1H3. The molecule has 0 aliphatic rings. The average Bonchev–Trinajstić information content (AvgIpc) is 2.82. The number of aryl methyl sites for hydroxylation is 2. The van der Waals surface area contributed by atoms with E-state index >= 15 is 0 Å². The van der Waals surface area contributed by atoms with E-state index in [1.165, 1.54) is 12.7 Å². The molecule has 4 nitrogen and oxygen atoms in total. The van der Waals surface area contributed by atoms with E-state index in [2.05, 4.69) is 18.2 Å². The van der Waals surface area contributed by atoms with Crippen LogP contribution in [0, 0.1) is 17.2 Å². The molecule has 0 spiro atoms. The van der Waals surface area contributed by atoms with Crippen molar-refractivity contribution in [2.24, 2.45) is 5.92 Å². The molecule has 0 fully saturated rings. The Bertz CT molecular complexity index is 1010. The van der Waals surface area contributed by atoms with Crippen molar-refractivity contribution in [3.63, 3.8) is 0 Å². The fourth-order valence-corrected chi connectivity index (χ4v) is 3.58. The largest absolute Gasteiger partial charge is 0.469 e. The molecule has 0 bridgehead atoms. The van der Waals surface area contributed by atoms with Crippen LogP contribution >= 0.6 is 0 Å². The highest BCUT2D eigenvalue weighted by molar-refractivity contribution is 5.72. The number of hydrogen-bond acceptors (Lipinski definition) is 4. The van der Waals surface area contributed by atoms with Crippen molar-refractivity contribution in [3.05, 3.63) is 95.6 Å². The van der Waals surface area contributed by atoms with E-state index in [1.54, 1.807) is 12.1 Å². The van der Waals surface area contributed by atoms with Crippen LogP contribution in [0.2, 0.25) is 0 Å². The molecule has 3 rings (SSSR count). The Morgan fingerprint density at radius 2 is 1.55 bits per heavy atom. The van der Waals surface area contributed by atoms with Crippen LogP contribution in [0.1, 0.15) is 36.0 Å². The second-order valence-corrected chi connectivity index (χ2v) is 7.49. The molecule has 0 saturated carbocycles. The van der Waals surface area contributed by atoms with Gasteiger partial charge in [-0.25, -0.2) is 0 Å². The molecular formula is C27H27NO3. The van der Waals surface area contributed by atoms with Gasteiger partial charge in [0.15, 0.2) is 0 Å². The first-order valence-electron chi connectivity index (χ1n) is 10.6. The zero-order chi connectivity index (χ0) is 21.9. The lowest BCUT2D eigenvalue weighted by atomic mass is 9.93. The van der Waals surface area contributed by atoms with Crippen molar-refractivity contribution in [3.8, 4) is 17.6 Å². The molecule has 3 aromatic carbocycles. The molecule has 0 aliphatic carbocycles. The number of carbonyl (C=O) groups is 1. The second-order valence-electron chi connectivity index (χ2n) is 7.49. The van der Waals surface area contributed by atoms with Gasteiger partial charge in [0.2, 0.25) is 0 Å². The van der Waals surface area contributed by atoms with Gasteiger partial charge in [-0.05, 0) is 67.5 Å². The first-order chi connectivity index (χ1) is 15.2. The highest BCUT2D eigenvalue weighted by Gasteiger charge is 2.18. The normalized spacial score (nSPS) is 11.4. The highest BCUT2D eigenvalue weighted by atomic mass is 16.5. The van der Waals surface area contributed by atoms with Crippen molar-refractivity contribution < 1.29 is 14.3 Å². The van der Waals surface area contributed by atoms with Gasteiger partial charge >= 0.3 is 5.97 Å². The maximum absolute atomic E-state index is 12.2. The summed E-state index contributed by atoms with van der Waals surface area (Å²) in [5.74, 6) is 0.981. The number of carbonyl (C=O) groups excluding carboxylic acids is 1. The first kappa shape index (κ1) is 22.1. The summed E-state index contributed by atoms with van der Waals surface area (Å²) in [6, 6.07) is 27.4. The van der Waals surface area contributed by atoms with Crippen molar-refractivity contribution in [1.29, 1.82) is 5.26 Å². The number of methoxy groups -OCH3 is 1. The molecular weight excluding hydrogens is 386 g/mol. The van der Waals surface area contributed by atoms with Crippen LogP contribution in [0.3, 0.4) is 0 Å². The van der Waals surface area contributed by atoms with Gasteiger partial charge in [-0.3, -0.25) is 4.79 Å². The smallest absolute Gasteiger partial charge is 0.308 e. The van der Waals surface area contributed by atoms with E-state index in [9.17, 15) is 10.1 Å². The zero-order valence-corrected chi connectivity index (χ0v) is 17.8. The van der Waals surface area contributed by atoms with Crippen molar-refractivity contribution in [1.82, 2.24) is 0 Å². The third-order valence-corrected chi connectivity index (χ3v) is 5.34. The number of ether oxygens (including phenoxy) is 2. The van der Waals surface area contributed by atoms with Crippen LogP contribution in [0.15, 0.2) is 78.9 Å². The lowest BCUT2D eigenvalue weighted by molar-refractivity contribution is -0.145. The SMILES string of the molecule is COC(=O)C(CCCc1ccccc1)CCc1ccc(Oc2ccccc2C#N)cc1. The Morgan fingerprint density at radius 3 is 2.26 bits per heavy atom. The Balaban J connectivity index is 1.53. The molecule has 1 unspecified atom stereocenters. The van der Waals surface area contributed by atoms with Gasteiger partial charge in [0, 0.05) is 0 Å². The monoisotopic (exact) mass is 413 g/mol. The number of esters is 1. The summed E-state index contributed by atoms with van der Waals surface area (Å²) in [6.45, 7) is 0. The summed E-state index contributed by atoms with van der Waals surface area (Å²) >= 11 is 0. The van der Waals surface area contributed by atoms with Crippen molar-refractivity contribution in [2.45, 2.75) is 32.1 Å². The van der Waals surface area contributed by atoms with Crippen molar-refractivity contribution >= 4 is 5.97 Å². The minimum Gasteiger partial charge on any atom is -0.469 e. The molecule has 0 saturated heterocycles. The fraction of sp³-hybridized carbons (Fsp3) is 0.259. The van der Waals surface area contributed by atoms with Gasteiger partial charge in [-0.2, -0.15) is 5.26 Å². The first-order valence-corrected chi connectivity index (χ1v) is 10.6. The minimum absolute atomic E-state index is 0.104. The van der Waals surface area contributed by atoms with Crippen LogP contribution in [0.25, 0.3) is 0 Å².